The largest absolute Gasteiger partial charge is 0.507 e. The van der Waals surface area contributed by atoms with Crippen molar-refractivity contribution in [1.29, 1.82) is 0 Å². The summed E-state index contributed by atoms with van der Waals surface area (Å²) in [5.74, 6) is 0.359. The summed E-state index contributed by atoms with van der Waals surface area (Å²) in [5.41, 5.74) is 14.4. The lowest BCUT2D eigenvalue weighted by Crippen LogP contribution is -2.54. The van der Waals surface area contributed by atoms with Gasteiger partial charge in [-0.3, -0.25) is 14.5 Å². The Morgan fingerprint density at radius 1 is 0.895 bits per heavy atom. The molecule has 5 atom stereocenters. The normalized spacial score (nSPS) is 23.2. The Bertz CT molecular complexity index is 2960. The summed E-state index contributed by atoms with van der Waals surface area (Å²) in [6, 6.07) is 22.6. The number of hydrogen-bond donors (Lipinski definition) is 4. The zero-order valence-electron chi connectivity index (χ0n) is 43.2. The lowest BCUT2D eigenvalue weighted by molar-refractivity contribution is -0.141. The topological polar surface area (TPSA) is 231 Å². The number of aryl methyl sites for hydroxylation is 1. The van der Waals surface area contributed by atoms with Crippen LogP contribution in [0.4, 0.5) is 17.2 Å². The SMILES string of the molecule is Cc1ncsc1-c1ccc(CNC(=O)[C@@H]2C[C@@H](O)CN2C(=O)[C@@H](c2cc(OCCN3CCC(OC4CC(Oc5cc(N6C7CCC6CN(c6cc(-c8ccccc8O)nnc6N)C7)ccn5)C4)CC3)no2)C(C)C)cc1. The Labute approximate surface area is 446 Å². The highest BCUT2D eigenvalue weighted by Gasteiger charge is 2.44. The van der Waals surface area contributed by atoms with Gasteiger partial charge in [-0.25, -0.2) is 9.97 Å². The number of hydrogen-bond acceptors (Lipinski definition) is 18. The first-order valence-corrected chi connectivity index (χ1v) is 27.6. The van der Waals surface area contributed by atoms with Gasteiger partial charge in [-0.2, -0.15) is 0 Å². The number of nitrogens with zero attached hydrogens (tertiary/aromatic N) is 9. The van der Waals surface area contributed by atoms with Crippen LogP contribution >= 0.6 is 11.3 Å². The van der Waals surface area contributed by atoms with Gasteiger partial charge in [-0.15, -0.1) is 21.5 Å². The van der Waals surface area contributed by atoms with E-state index in [-0.39, 0.29) is 66.8 Å². The summed E-state index contributed by atoms with van der Waals surface area (Å²) in [6.07, 6.45) is 7.25. The molecule has 5 fully saturated rings. The third-order valence-corrected chi connectivity index (χ3v) is 16.8. The minimum atomic E-state index is -0.817. The number of carbonyl (C=O) groups is 2. The Kier molecular flexibility index (Phi) is 15.1. The molecule has 400 valence electrons. The number of phenolic OH excluding ortho intramolecular Hbond substituents is 1. The van der Waals surface area contributed by atoms with Crippen molar-refractivity contribution in [1.82, 2.24) is 40.4 Å². The smallest absolute Gasteiger partial charge is 0.254 e. The third-order valence-electron chi connectivity index (χ3n) is 15.8. The van der Waals surface area contributed by atoms with Crippen molar-refractivity contribution < 1.29 is 38.5 Å². The molecule has 2 aromatic carbocycles. The fraction of sp³-hybridized carbons (Fsp3) is 0.482. The van der Waals surface area contributed by atoms with E-state index in [9.17, 15) is 19.8 Å². The van der Waals surface area contributed by atoms with Gasteiger partial charge in [0.15, 0.2) is 11.6 Å². The molecule has 4 aromatic heterocycles. The highest BCUT2D eigenvalue weighted by molar-refractivity contribution is 7.13. The predicted molar refractivity (Wildman–Crippen MR) is 287 cm³/mol. The number of aliphatic hydroxyl groups is 1. The molecule has 2 amide bonds. The second-order valence-electron chi connectivity index (χ2n) is 21.3. The summed E-state index contributed by atoms with van der Waals surface area (Å²) in [4.78, 5) is 46.4. The first-order valence-electron chi connectivity index (χ1n) is 26.7. The van der Waals surface area contributed by atoms with E-state index in [1.54, 1.807) is 29.5 Å². The van der Waals surface area contributed by atoms with Gasteiger partial charge >= 0.3 is 0 Å². The van der Waals surface area contributed by atoms with Crippen LogP contribution in [0.1, 0.15) is 81.7 Å². The number of benzene rings is 2. The standard InChI is InChI=1S/C56H67N11O8S/c1-33(2)52(56(71)66-31-40(68)23-47(66)55(70)59-28-35-8-10-36(11-9-35)53-34(3)60-32-76-53)49-27-51(63-75-49)72-21-20-64-18-15-41(16-19-64)73-42-24-43(25-42)74-50-22-37(14-17-58-50)67-38-12-13-39(67)30-65(29-38)46-26-45(61-62-54(46)57)44-6-4-5-7-48(44)69/h4-11,14,17,22,26-27,32-33,38-43,47,52,68-69H,12-13,15-16,18-21,23-25,28-31H2,1-3H3,(H2,57,62)(H,59,70)/t38?,39?,40-,42?,43?,47+,52-/m1/s1. The number of fused-ring (bicyclic) bond motifs is 2. The Balaban J connectivity index is 0.597. The monoisotopic (exact) mass is 1050 g/mol. The number of nitrogens with two attached hydrogens (primary N) is 1. The summed E-state index contributed by atoms with van der Waals surface area (Å²) in [7, 11) is 0. The number of amides is 2. The van der Waals surface area contributed by atoms with E-state index >= 15 is 0 Å². The number of aromatic hydroxyl groups is 1. The van der Waals surface area contributed by atoms with Crippen LogP contribution in [0.5, 0.6) is 17.5 Å². The fourth-order valence-corrected chi connectivity index (χ4v) is 12.5. The van der Waals surface area contributed by atoms with Crippen molar-refractivity contribution >= 4 is 40.3 Å². The number of thiazole rings is 1. The zero-order valence-corrected chi connectivity index (χ0v) is 44.1. The molecule has 5 aliphatic rings. The molecule has 2 bridgehead atoms. The van der Waals surface area contributed by atoms with Crippen LogP contribution in [0, 0.1) is 12.8 Å². The van der Waals surface area contributed by atoms with Crippen LogP contribution in [0.15, 0.2) is 89.0 Å². The average molecular weight is 1050 g/mol. The highest BCUT2D eigenvalue weighted by Crippen LogP contribution is 2.41. The Morgan fingerprint density at radius 3 is 2.41 bits per heavy atom. The first-order chi connectivity index (χ1) is 36.9. The maximum absolute atomic E-state index is 14.2. The molecule has 4 aliphatic heterocycles. The molecule has 4 saturated heterocycles. The number of likely N-dealkylation sites (tertiary alicyclic amines) is 2. The number of phenols is 1. The van der Waals surface area contributed by atoms with Crippen molar-refractivity contribution in [2.24, 2.45) is 5.92 Å². The lowest BCUT2D eigenvalue weighted by Gasteiger charge is -2.43. The van der Waals surface area contributed by atoms with Crippen LogP contribution in [0.25, 0.3) is 21.7 Å². The lowest BCUT2D eigenvalue weighted by atomic mass is 9.91. The summed E-state index contributed by atoms with van der Waals surface area (Å²) >= 11 is 1.59. The molecular formula is C56H67N11O8S. The molecule has 11 rings (SSSR count). The minimum absolute atomic E-state index is 0.0568. The zero-order chi connectivity index (χ0) is 52.5. The number of β-amino-alcohol motifs (C(OH)–C–C–N with tert-alkyl or cyclic N) is 1. The molecule has 19 nitrogen and oxygen atoms in total. The van der Waals surface area contributed by atoms with Gasteiger partial charge in [0.05, 0.1) is 45.8 Å². The maximum atomic E-state index is 14.2. The summed E-state index contributed by atoms with van der Waals surface area (Å²) in [5, 5.41) is 36.8. The van der Waals surface area contributed by atoms with Gasteiger partial charge in [-0.05, 0) is 79.1 Å². The van der Waals surface area contributed by atoms with Crippen molar-refractivity contribution in [3.8, 4) is 39.2 Å². The number of nitrogen functional groups attached to an aromatic ring is 1. The molecule has 20 heteroatoms. The van der Waals surface area contributed by atoms with E-state index in [0.717, 1.165) is 97.8 Å². The van der Waals surface area contributed by atoms with Gasteiger partial charge in [0.1, 0.15) is 30.4 Å². The molecule has 5 N–H and O–H groups in total. The average Bonchev–Trinajstić information content (AvgIpc) is 4.21. The molecule has 0 spiro atoms. The second kappa shape index (κ2) is 22.4. The number of anilines is 3. The van der Waals surface area contributed by atoms with Crippen molar-refractivity contribution in [2.75, 3.05) is 61.4 Å². The molecule has 76 heavy (non-hydrogen) atoms. The van der Waals surface area contributed by atoms with E-state index < -0.39 is 18.1 Å². The van der Waals surface area contributed by atoms with Gasteiger partial charge < -0.3 is 54.7 Å². The first kappa shape index (κ1) is 51.2. The number of carbonyl (C=O) groups excluding carboxylic acids is 2. The number of pyridine rings is 1. The van der Waals surface area contributed by atoms with Crippen molar-refractivity contribution in [3.63, 3.8) is 0 Å². The second-order valence-corrected chi connectivity index (χ2v) is 22.1. The predicted octanol–water partition coefficient (Wildman–Crippen LogP) is 6.59. The molecule has 1 aliphatic carbocycles. The summed E-state index contributed by atoms with van der Waals surface area (Å²) in [6.45, 7) is 10.7. The number of aromatic nitrogens is 5. The number of piperidine rings is 1. The Morgan fingerprint density at radius 2 is 1.67 bits per heavy atom. The molecule has 1 saturated carbocycles. The van der Waals surface area contributed by atoms with E-state index in [4.69, 9.17) is 24.5 Å². The van der Waals surface area contributed by atoms with Crippen molar-refractivity contribution in [2.45, 2.75) is 121 Å². The fourth-order valence-electron chi connectivity index (χ4n) is 11.7. The molecule has 0 radical (unpaired) electrons. The van der Waals surface area contributed by atoms with E-state index in [2.05, 4.69) is 57.5 Å². The van der Waals surface area contributed by atoms with Crippen molar-refractivity contribution in [3.05, 3.63) is 102 Å². The number of para-hydroxylation sites is 1. The van der Waals surface area contributed by atoms with E-state index in [0.29, 0.717) is 54.3 Å². The van der Waals surface area contributed by atoms with E-state index in [1.807, 2.05) is 74.9 Å². The van der Waals surface area contributed by atoms with Gasteiger partial charge in [0, 0.05) is 107 Å². The Hall–Kier alpha value is -6.87. The molecule has 8 heterocycles. The van der Waals surface area contributed by atoms with Crippen LogP contribution in [0.3, 0.4) is 0 Å². The molecule has 6 aromatic rings. The third kappa shape index (κ3) is 11.2. The number of rotatable bonds is 18. The maximum Gasteiger partial charge on any atom is 0.254 e. The van der Waals surface area contributed by atoms with Gasteiger partial charge in [-0.1, -0.05) is 50.2 Å². The molecular weight excluding hydrogens is 987 g/mol. The quantitative estimate of drug-likeness (QED) is 0.0711. The van der Waals surface area contributed by atoms with E-state index in [1.165, 1.54) is 4.90 Å². The number of aliphatic hydroxyl groups excluding tert-OH is 1. The number of nitrogens with one attached hydrogen (secondary N) is 1. The van der Waals surface area contributed by atoms with Crippen LogP contribution in [0.2, 0.25) is 0 Å². The summed E-state index contributed by atoms with van der Waals surface area (Å²) < 4.78 is 24.7. The highest BCUT2D eigenvalue weighted by atomic mass is 32.1. The minimum Gasteiger partial charge on any atom is -0.507 e. The van der Waals surface area contributed by atoms with Crippen LogP contribution < -0.4 is 30.3 Å². The van der Waals surface area contributed by atoms with Gasteiger partial charge in [0.25, 0.3) is 5.88 Å². The number of piperazine rings is 1. The van der Waals surface area contributed by atoms with Gasteiger partial charge in [0.2, 0.25) is 17.7 Å². The van der Waals surface area contributed by atoms with Crippen LogP contribution in [-0.4, -0.2) is 146 Å². The van der Waals surface area contributed by atoms with Crippen LogP contribution in [-0.2, 0) is 20.9 Å². The number of ether oxygens (including phenoxy) is 3. The molecule has 2 unspecified atom stereocenters.